The van der Waals surface area contributed by atoms with Gasteiger partial charge in [-0.25, -0.2) is 22.1 Å². The minimum absolute atomic E-state index is 0.283. The molecule has 0 spiro atoms. The lowest BCUT2D eigenvalue weighted by Gasteiger charge is -2.39. The highest BCUT2D eigenvalue weighted by atomic mass is 32.2. The normalized spacial score (nSPS) is 18.0. The van der Waals surface area contributed by atoms with Gasteiger partial charge in [0.25, 0.3) is 5.92 Å². The lowest BCUT2D eigenvalue weighted by atomic mass is 9.88. The number of ether oxygens (including phenoxy) is 1. The van der Waals surface area contributed by atoms with Crippen LogP contribution in [-0.4, -0.2) is 40.6 Å². The highest BCUT2D eigenvalue weighted by molar-refractivity contribution is 7.82. The fourth-order valence-electron chi connectivity index (χ4n) is 2.04. The second-order valence-electron chi connectivity index (χ2n) is 4.73. The summed E-state index contributed by atoms with van der Waals surface area (Å²) < 4.78 is 44.0. The number of nitrogens with zero attached hydrogens (tertiary/aromatic N) is 1. The largest absolute Gasteiger partial charge is 0.465 e. The van der Waals surface area contributed by atoms with Gasteiger partial charge in [-0.15, -0.1) is 0 Å². The number of esters is 1. The third-order valence-corrected chi connectivity index (χ3v) is 4.78. The van der Waals surface area contributed by atoms with E-state index in [4.69, 9.17) is 0 Å². The number of hydrogen-bond acceptors (Lipinski definition) is 3. The zero-order valence-corrected chi connectivity index (χ0v) is 14.0. The number of rotatable bonds is 4. The molecule has 22 heavy (non-hydrogen) atoms. The van der Waals surface area contributed by atoms with Crippen LogP contribution in [0.1, 0.15) is 37.0 Å². The van der Waals surface area contributed by atoms with Crippen LogP contribution in [0.3, 0.4) is 0 Å². The van der Waals surface area contributed by atoms with Crippen LogP contribution in [0.25, 0.3) is 0 Å². The van der Waals surface area contributed by atoms with E-state index in [-0.39, 0.29) is 18.4 Å². The molecule has 1 saturated carbocycles. The molecule has 1 aliphatic carbocycles. The van der Waals surface area contributed by atoms with Gasteiger partial charge in [-0.2, -0.15) is 0 Å². The second kappa shape index (κ2) is 7.78. The van der Waals surface area contributed by atoms with Crippen molar-refractivity contribution < 1.29 is 22.5 Å². The van der Waals surface area contributed by atoms with Crippen LogP contribution in [0.15, 0.2) is 29.2 Å². The monoisotopic (exact) mass is 333 g/mol. The molecule has 1 aromatic rings. The highest BCUT2D eigenvalue weighted by Gasteiger charge is 2.48. The molecule has 1 aromatic carbocycles. The Morgan fingerprint density at radius 2 is 1.95 bits per heavy atom. The van der Waals surface area contributed by atoms with Crippen LogP contribution in [-0.2, 0) is 15.7 Å². The highest BCUT2D eigenvalue weighted by Crippen LogP contribution is 2.40. The summed E-state index contributed by atoms with van der Waals surface area (Å²) in [5, 5.41) is 0. The van der Waals surface area contributed by atoms with E-state index in [1.165, 1.54) is 17.5 Å². The Kier molecular flexibility index (Phi) is 6.62. The van der Waals surface area contributed by atoms with Crippen molar-refractivity contribution in [1.29, 1.82) is 0 Å². The molecule has 1 atom stereocenters. The van der Waals surface area contributed by atoms with E-state index in [1.54, 1.807) is 25.2 Å². The topological polar surface area (TPSA) is 46.6 Å². The molecule has 0 saturated heterocycles. The second-order valence-corrected chi connectivity index (χ2v) is 6.28. The summed E-state index contributed by atoms with van der Waals surface area (Å²) in [7, 11) is 1.22. The number of alkyl halides is 2. The quantitative estimate of drug-likeness (QED) is 0.795. The maximum absolute atomic E-state index is 12.8. The summed E-state index contributed by atoms with van der Waals surface area (Å²) in [5.41, 5.74) is 0.283. The molecule has 0 amide bonds. The molecule has 0 aliphatic heterocycles. The summed E-state index contributed by atoms with van der Waals surface area (Å²) in [6.07, 6.45) is -0.572. The van der Waals surface area contributed by atoms with Crippen molar-refractivity contribution in [2.75, 3.05) is 14.2 Å². The first-order valence-electron chi connectivity index (χ1n) is 7.05. The van der Waals surface area contributed by atoms with E-state index in [0.29, 0.717) is 4.90 Å². The van der Waals surface area contributed by atoms with E-state index >= 15 is 0 Å². The van der Waals surface area contributed by atoms with E-state index in [9.17, 15) is 17.8 Å². The number of hydrogen-bond donors (Lipinski definition) is 0. The molecule has 0 heterocycles. The van der Waals surface area contributed by atoms with Gasteiger partial charge in [-0.3, -0.25) is 0 Å². The zero-order valence-electron chi connectivity index (χ0n) is 13.1. The molecule has 0 N–H and O–H groups in total. The molecular weight excluding hydrogens is 312 g/mol. The SMILES string of the molecule is CC.COC(=O)c1cccc(S(=O)N(C)C2CC(F)(F)C2)c1. The zero-order chi connectivity index (χ0) is 16.9. The van der Waals surface area contributed by atoms with Gasteiger partial charge in [0.2, 0.25) is 0 Å². The Hall–Kier alpha value is -1.34. The molecule has 1 fully saturated rings. The van der Waals surface area contributed by atoms with Crippen molar-refractivity contribution in [2.45, 2.75) is 43.5 Å². The maximum Gasteiger partial charge on any atom is 0.337 e. The number of carbonyl (C=O) groups is 1. The molecule has 0 radical (unpaired) electrons. The number of carbonyl (C=O) groups excluding carboxylic acids is 1. The van der Waals surface area contributed by atoms with E-state index in [1.807, 2.05) is 13.8 Å². The molecule has 7 heteroatoms. The van der Waals surface area contributed by atoms with Crippen molar-refractivity contribution in [2.24, 2.45) is 0 Å². The van der Waals surface area contributed by atoms with Gasteiger partial charge in [0.15, 0.2) is 0 Å². The molecular formula is C15H21F2NO3S. The summed E-state index contributed by atoms with van der Waals surface area (Å²) in [4.78, 5) is 11.8. The van der Waals surface area contributed by atoms with Crippen molar-refractivity contribution in [3.63, 3.8) is 0 Å². The summed E-state index contributed by atoms with van der Waals surface area (Å²) >= 11 is 0. The van der Waals surface area contributed by atoms with Crippen LogP contribution in [0.5, 0.6) is 0 Å². The van der Waals surface area contributed by atoms with E-state index < -0.39 is 28.9 Å². The minimum Gasteiger partial charge on any atom is -0.465 e. The average molecular weight is 333 g/mol. The fourth-order valence-corrected chi connectivity index (χ4v) is 3.21. The molecule has 0 aromatic heterocycles. The smallest absolute Gasteiger partial charge is 0.337 e. The Bertz CT molecular complexity index is 543. The predicted molar refractivity (Wildman–Crippen MR) is 81.3 cm³/mol. The molecule has 1 aliphatic rings. The van der Waals surface area contributed by atoms with Crippen molar-refractivity contribution >= 4 is 17.0 Å². The summed E-state index contributed by atoms with van der Waals surface area (Å²) in [6.45, 7) is 4.00. The number of halogens is 2. The third-order valence-electron chi connectivity index (χ3n) is 3.30. The van der Waals surface area contributed by atoms with Gasteiger partial charge in [0.05, 0.1) is 17.6 Å². The van der Waals surface area contributed by atoms with Gasteiger partial charge in [0, 0.05) is 25.9 Å². The Balaban J connectivity index is 0.00000116. The van der Waals surface area contributed by atoms with Crippen molar-refractivity contribution in [3.8, 4) is 0 Å². The van der Waals surface area contributed by atoms with Gasteiger partial charge < -0.3 is 4.74 Å². The fraction of sp³-hybridized carbons (Fsp3) is 0.533. The Labute approximate surface area is 132 Å². The van der Waals surface area contributed by atoms with Gasteiger partial charge >= 0.3 is 5.97 Å². The molecule has 2 rings (SSSR count). The van der Waals surface area contributed by atoms with Crippen molar-refractivity contribution in [3.05, 3.63) is 29.8 Å². The third kappa shape index (κ3) is 4.33. The Morgan fingerprint density at radius 1 is 1.36 bits per heavy atom. The van der Waals surface area contributed by atoms with Gasteiger partial charge in [-0.1, -0.05) is 19.9 Å². The Morgan fingerprint density at radius 3 is 2.45 bits per heavy atom. The van der Waals surface area contributed by atoms with Crippen LogP contribution < -0.4 is 0 Å². The predicted octanol–water partition coefficient (Wildman–Crippen LogP) is 3.25. The first kappa shape index (κ1) is 18.7. The van der Waals surface area contributed by atoms with Crippen LogP contribution in [0, 0.1) is 0 Å². The molecule has 0 bridgehead atoms. The standard InChI is InChI=1S/C13H15F2NO3S.C2H6/c1-16(10-7-13(14,15)8-10)20(18)11-5-3-4-9(6-11)12(17)19-2;1-2/h3-6,10H,7-8H2,1-2H3;1-2H3. The van der Waals surface area contributed by atoms with E-state index in [0.717, 1.165) is 0 Å². The average Bonchev–Trinajstić information content (AvgIpc) is 2.52. The minimum atomic E-state index is -2.66. The first-order chi connectivity index (χ1) is 10.3. The number of methoxy groups -OCH3 is 1. The molecule has 4 nitrogen and oxygen atoms in total. The van der Waals surface area contributed by atoms with Gasteiger partial charge in [0.1, 0.15) is 11.0 Å². The lowest BCUT2D eigenvalue weighted by molar-refractivity contribution is -0.105. The lowest BCUT2D eigenvalue weighted by Crippen LogP contribution is -2.49. The molecule has 1 unspecified atom stereocenters. The van der Waals surface area contributed by atoms with Crippen LogP contribution in [0.2, 0.25) is 0 Å². The van der Waals surface area contributed by atoms with Crippen LogP contribution >= 0.6 is 0 Å². The maximum atomic E-state index is 12.8. The van der Waals surface area contributed by atoms with Gasteiger partial charge in [-0.05, 0) is 18.2 Å². The number of benzene rings is 1. The van der Waals surface area contributed by atoms with Crippen molar-refractivity contribution in [1.82, 2.24) is 4.31 Å². The summed E-state index contributed by atoms with van der Waals surface area (Å²) in [6, 6.07) is 5.77. The summed E-state index contributed by atoms with van der Waals surface area (Å²) in [5.74, 6) is -3.18. The first-order valence-corrected chi connectivity index (χ1v) is 8.15. The van der Waals surface area contributed by atoms with Crippen LogP contribution in [0.4, 0.5) is 8.78 Å². The molecule has 124 valence electrons. The van der Waals surface area contributed by atoms with E-state index in [2.05, 4.69) is 4.74 Å².